The summed E-state index contributed by atoms with van der Waals surface area (Å²) in [7, 11) is 0. The van der Waals surface area contributed by atoms with Crippen molar-refractivity contribution in [3.8, 4) is 0 Å². The minimum absolute atomic E-state index is 0.0364. The van der Waals surface area contributed by atoms with Gasteiger partial charge in [0, 0.05) is 25.7 Å². The van der Waals surface area contributed by atoms with Crippen LogP contribution in [0.5, 0.6) is 0 Å². The first-order valence-corrected chi connectivity index (χ1v) is 12.7. The molecule has 5 aliphatic carbocycles. The van der Waals surface area contributed by atoms with Crippen molar-refractivity contribution in [2.45, 2.75) is 91.1 Å². The molecule has 5 aliphatic rings. The van der Waals surface area contributed by atoms with E-state index in [4.69, 9.17) is 9.47 Å². The molecule has 0 aromatic heterocycles. The third-order valence-electron chi connectivity index (χ3n) is 10.4. The fraction of sp³-hybridized carbons (Fsp3) is 0.815. The second kappa shape index (κ2) is 7.43. The fourth-order valence-electron chi connectivity index (χ4n) is 8.97. The highest BCUT2D eigenvalue weighted by molar-refractivity contribution is 5.92. The average molecular weight is 443 g/mol. The molecule has 0 spiro atoms. The number of fused-ring (bicyclic) bond motifs is 8. The molecule has 5 nitrogen and oxygen atoms in total. The summed E-state index contributed by atoms with van der Waals surface area (Å²) in [4.78, 5) is 35.7. The summed E-state index contributed by atoms with van der Waals surface area (Å²) in [6.45, 7) is 8.17. The van der Waals surface area contributed by atoms with Crippen LogP contribution in [-0.4, -0.2) is 29.9 Å². The lowest BCUT2D eigenvalue weighted by atomic mass is 9.46. The largest absolute Gasteiger partial charge is 0.466 e. The van der Waals surface area contributed by atoms with Crippen molar-refractivity contribution in [2.24, 2.45) is 40.4 Å². The van der Waals surface area contributed by atoms with Crippen molar-refractivity contribution >= 4 is 17.7 Å². The highest BCUT2D eigenvalue weighted by Gasteiger charge is 2.70. The molecule has 0 radical (unpaired) electrons. The van der Waals surface area contributed by atoms with Crippen molar-refractivity contribution in [1.82, 2.24) is 0 Å². The van der Waals surface area contributed by atoms with Gasteiger partial charge in [0.15, 0.2) is 5.78 Å². The summed E-state index contributed by atoms with van der Waals surface area (Å²) >= 11 is 0. The van der Waals surface area contributed by atoms with E-state index in [2.05, 4.69) is 13.8 Å². The molecule has 0 bridgehead atoms. The molecular weight excluding hydrogens is 404 g/mol. The van der Waals surface area contributed by atoms with E-state index in [1.165, 1.54) is 25.8 Å². The summed E-state index contributed by atoms with van der Waals surface area (Å²) < 4.78 is 11.4. The first-order valence-electron chi connectivity index (χ1n) is 12.7. The van der Waals surface area contributed by atoms with Crippen LogP contribution in [0.25, 0.3) is 0 Å². The van der Waals surface area contributed by atoms with Gasteiger partial charge in [-0.05, 0) is 92.4 Å². The van der Waals surface area contributed by atoms with Gasteiger partial charge in [0.05, 0.1) is 6.61 Å². The molecule has 5 heteroatoms. The van der Waals surface area contributed by atoms with Gasteiger partial charge in [-0.2, -0.15) is 0 Å². The predicted octanol–water partition coefficient (Wildman–Crippen LogP) is 5.02. The Bertz CT molecular complexity index is 875. The van der Waals surface area contributed by atoms with Gasteiger partial charge >= 0.3 is 11.9 Å². The number of ketones is 1. The SMILES string of the molecule is CC(=O)OCCC[C@]1(OC(C)=O)CC[C@H]2[C@@H]3[C@H]4C[C@H]4C4=CC(=O)CC[C@]4(C)[C@H]3CC[C@@]21C. The van der Waals surface area contributed by atoms with Crippen molar-refractivity contribution in [2.75, 3.05) is 6.61 Å². The van der Waals surface area contributed by atoms with Crippen LogP contribution in [0.15, 0.2) is 11.6 Å². The first kappa shape index (κ1) is 22.2. The third kappa shape index (κ3) is 3.13. The van der Waals surface area contributed by atoms with Crippen LogP contribution in [0.2, 0.25) is 0 Å². The normalized spacial score (nSPS) is 46.2. The van der Waals surface area contributed by atoms with E-state index in [9.17, 15) is 14.4 Å². The third-order valence-corrected chi connectivity index (χ3v) is 10.4. The van der Waals surface area contributed by atoms with E-state index in [0.29, 0.717) is 48.4 Å². The summed E-state index contributed by atoms with van der Waals surface area (Å²) in [5.74, 6) is 3.03. The minimum Gasteiger partial charge on any atom is -0.466 e. The van der Waals surface area contributed by atoms with Gasteiger partial charge in [-0.25, -0.2) is 0 Å². The van der Waals surface area contributed by atoms with Crippen molar-refractivity contribution in [3.63, 3.8) is 0 Å². The van der Waals surface area contributed by atoms with Crippen LogP contribution in [-0.2, 0) is 23.9 Å². The zero-order valence-corrected chi connectivity index (χ0v) is 20.1. The molecule has 0 unspecified atom stereocenters. The maximum Gasteiger partial charge on any atom is 0.303 e. The van der Waals surface area contributed by atoms with Gasteiger partial charge in [-0.1, -0.05) is 19.4 Å². The van der Waals surface area contributed by atoms with E-state index in [1.54, 1.807) is 0 Å². The Morgan fingerprint density at radius 3 is 2.53 bits per heavy atom. The zero-order valence-electron chi connectivity index (χ0n) is 20.1. The molecule has 0 amide bonds. The molecule has 8 atom stereocenters. The summed E-state index contributed by atoms with van der Waals surface area (Å²) in [6.07, 6.45) is 10.7. The number of rotatable bonds is 5. The number of carbonyl (C=O) groups excluding carboxylic acids is 3. The number of carbonyl (C=O) groups is 3. The predicted molar refractivity (Wildman–Crippen MR) is 119 cm³/mol. The molecule has 0 N–H and O–H groups in total. The van der Waals surface area contributed by atoms with Gasteiger partial charge in [0.1, 0.15) is 5.60 Å². The minimum atomic E-state index is -0.460. The smallest absolute Gasteiger partial charge is 0.303 e. The first-order chi connectivity index (χ1) is 15.1. The van der Waals surface area contributed by atoms with Crippen molar-refractivity contribution < 1.29 is 23.9 Å². The molecule has 4 fully saturated rings. The molecule has 176 valence electrons. The van der Waals surface area contributed by atoms with Crippen LogP contribution >= 0.6 is 0 Å². The Hall–Kier alpha value is -1.65. The van der Waals surface area contributed by atoms with E-state index < -0.39 is 5.60 Å². The summed E-state index contributed by atoms with van der Waals surface area (Å²) in [5.41, 5.74) is 1.14. The van der Waals surface area contributed by atoms with Gasteiger partial charge < -0.3 is 9.47 Å². The van der Waals surface area contributed by atoms with Gasteiger partial charge in [0.2, 0.25) is 0 Å². The van der Waals surface area contributed by atoms with E-state index in [1.807, 2.05) is 6.08 Å². The standard InChI is InChI=1S/C27H38O5/c1-16(28)31-13-5-9-27(32-17(2)29)12-8-22-24-20-15-19(20)23-14-18(30)6-10-25(23,3)21(24)7-11-26(22,27)4/h14,19-22,24H,5-13,15H2,1-4H3/t19-,20+,21+,22+,24-,25-,26+,27+/m1/s1. The second-order valence-corrected chi connectivity index (χ2v) is 11.8. The Kier molecular flexibility index (Phi) is 5.14. The van der Waals surface area contributed by atoms with Crippen molar-refractivity contribution in [1.29, 1.82) is 0 Å². The molecule has 0 aliphatic heterocycles. The summed E-state index contributed by atoms with van der Waals surface area (Å²) in [6, 6.07) is 0. The van der Waals surface area contributed by atoms with Gasteiger partial charge in [-0.15, -0.1) is 0 Å². The van der Waals surface area contributed by atoms with Crippen LogP contribution in [0.1, 0.15) is 85.5 Å². The maximum atomic E-state index is 12.2. The number of ether oxygens (including phenoxy) is 2. The lowest BCUT2D eigenvalue weighted by Crippen LogP contribution is -2.56. The Labute approximate surface area is 191 Å². The molecule has 0 aromatic carbocycles. The number of hydrogen-bond acceptors (Lipinski definition) is 5. The van der Waals surface area contributed by atoms with E-state index >= 15 is 0 Å². The van der Waals surface area contributed by atoms with Crippen LogP contribution in [0, 0.1) is 40.4 Å². The van der Waals surface area contributed by atoms with Crippen molar-refractivity contribution in [3.05, 3.63) is 11.6 Å². The highest BCUT2D eigenvalue weighted by atomic mass is 16.6. The lowest BCUT2D eigenvalue weighted by molar-refractivity contribution is -0.185. The topological polar surface area (TPSA) is 69.7 Å². The maximum absolute atomic E-state index is 12.2. The fourth-order valence-corrected chi connectivity index (χ4v) is 8.97. The quantitative estimate of drug-likeness (QED) is 0.442. The Morgan fingerprint density at radius 1 is 1.06 bits per heavy atom. The zero-order chi connectivity index (χ0) is 22.9. The van der Waals surface area contributed by atoms with Gasteiger partial charge in [-0.3, -0.25) is 14.4 Å². The van der Waals surface area contributed by atoms with Crippen LogP contribution < -0.4 is 0 Å². The van der Waals surface area contributed by atoms with Gasteiger partial charge in [0.25, 0.3) is 0 Å². The molecule has 0 aromatic rings. The second-order valence-electron chi connectivity index (χ2n) is 11.8. The molecule has 4 saturated carbocycles. The Morgan fingerprint density at radius 2 is 1.81 bits per heavy atom. The number of esters is 2. The summed E-state index contributed by atoms with van der Waals surface area (Å²) in [5, 5.41) is 0. The number of allylic oxidation sites excluding steroid dienone is 1. The average Bonchev–Trinajstić information content (AvgIpc) is 3.45. The molecule has 0 saturated heterocycles. The number of hydrogen-bond donors (Lipinski definition) is 0. The monoisotopic (exact) mass is 442 g/mol. The van der Waals surface area contributed by atoms with E-state index in [-0.39, 0.29) is 22.8 Å². The molecular formula is C27H38O5. The van der Waals surface area contributed by atoms with Crippen LogP contribution in [0.3, 0.4) is 0 Å². The Balaban J connectivity index is 1.43. The molecule has 5 rings (SSSR count). The molecule has 0 heterocycles. The highest BCUT2D eigenvalue weighted by Crippen LogP contribution is 2.75. The van der Waals surface area contributed by atoms with Crippen LogP contribution in [0.4, 0.5) is 0 Å². The lowest BCUT2D eigenvalue weighted by Gasteiger charge is -2.59. The van der Waals surface area contributed by atoms with E-state index in [0.717, 1.165) is 44.9 Å². The molecule has 32 heavy (non-hydrogen) atoms.